The van der Waals surface area contributed by atoms with Crippen molar-refractivity contribution in [3.8, 4) is 0 Å². The van der Waals surface area contributed by atoms with Crippen molar-refractivity contribution in [1.82, 2.24) is 5.32 Å². The van der Waals surface area contributed by atoms with Crippen molar-refractivity contribution in [3.05, 3.63) is 0 Å². The minimum absolute atomic E-state index is 0.178. The summed E-state index contributed by atoms with van der Waals surface area (Å²) in [6.07, 6.45) is 4.70. The number of ether oxygens (including phenoxy) is 2. The van der Waals surface area contributed by atoms with E-state index in [1.54, 1.807) is 0 Å². The van der Waals surface area contributed by atoms with Gasteiger partial charge in [-0.2, -0.15) is 0 Å². The summed E-state index contributed by atoms with van der Waals surface area (Å²) in [6, 6.07) is 0. The van der Waals surface area contributed by atoms with Crippen LogP contribution in [0.25, 0.3) is 0 Å². The van der Waals surface area contributed by atoms with Crippen LogP contribution in [0.4, 0.5) is 0 Å². The topological polar surface area (TPSA) is 67.8 Å². The lowest BCUT2D eigenvalue weighted by Crippen LogP contribution is -2.55. The van der Waals surface area contributed by atoms with Gasteiger partial charge in [0.1, 0.15) is 11.6 Å². The van der Waals surface area contributed by atoms with Crippen molar-refractivity contribution >= 4 is 5.97 Å². The summed E-state index contributed by atoms with van der Waals surface area (Å²) in [7, 11) is 0. The molecule has 1 aliphatic carbocycles. The normalized spacial score (nSPS) is 31.3. The fourth-order valence-electron chi connectivity index (χ4n) is 3.09. The first-order valence-corrected chi connectivity index (χ1v) is 7.37. The maximum absolute atomic E-state index is 11.7. The molecule has 19 heavy (non-hydrogen) atoms. The SMILES string of the molecule is CCCNC1(C(=O)O)CCCC1CCOC1COC1. The van der Waals surface area contributed by atoms with Gasteiger partial charge in [0.2, 0.25) is 0 Å². The minimum atomic E-state index is -0.727. The smallest absolute Gasteiger partial charge is 0.324 e. The number of hydrogen-bond acceptors (Lipinski definition) is 4. The Kier molecular flexibility index (Phi) is 5.19. The molecule has 2 rings (SSSR count). The lowest BCUT2D eigenvalue weighted by atomic mass is 9.84. The largest absolute Gasteiger partial charge is 0.480 e. The van der Waals surface area contributed by atoms with E-state index < -0.39 is 11.5 Å². The summed E-state index contributed by atoms with van der Waals surface area (Å²) in [5.41, 5.74) is -0.727. The van der Waals surface area contributed by atoms with Crippen LogP contribution in [0.5, 0.6) is 0 Å². The van der Waals surface area contributed by atoms with E-state index in [9.17, 15) is 9.90 Å². The van der Waals surface area contributed by atoms with Gasteiger partial charge in [-0.05, 0) is 38.1 Å². The number of carbonyl (C=O) groups is 1. The average molecular weight is 271 g/mol. The highest BCUT2D eigenvalue weighted by Crippen LogP contribution is 2.38. The van der Waals surface area contributed by atoms with Gasteiger partial charge in [0.15, 0.2) is 0 Å². The zero-order chi connectivity index (χ0) is 13.7. The van der Waals surface area contributed by atoms with Gasteiger partial charge in [-0.3, -0.25) is 4.79 Å². The van der Waals surface area contributed by atoms with E-state index in [1.807, 2.05) is 0 Å². The Morgan fingerprint density at radius 2 is 2.32 bits per heavy atom. The van der Waals surface area contributed by atoms with Gasteiger partial charge in [0.05, 0.1) is 13.2 Å². The van der Waals surface area contributed by atoms with Crippen molar-refractivity contribution in [2.24, 2.45) is 5.92 Å². The summed E-state index contributed by atoms with van der Waals surface area (Å²) in [5, 5.41) is 12.9. The minimum Gasteiger partial charge on any atom is -0.480 e. The molecule has 0 aromatic carbocycles. The van der Waals surface area contributed by atoms with Crippen molar-refractivity contribution in [3.63, 3.8) is 0 Å². The molecule has 5 nitrogen and oxygen atoms in total. The van der Waals surface area contributed by atoms with Crippen LogP contribution in [-0.4, -0.2) is 49.1 Å². The third kappa shape index (κ3) is 3.27. The molecular formula is C14H25NO4. The second kappa shape index (κ2) is 6.68. The zero-order valence-electron chi connectivity index (χ0n) is 11.7. The molecule has 0 amide bonds. The molecule has 2 atom stereocenters. The third-order valence-electron chi connectivity index (χ3n) is 4.32. The van der Waals surface area contributed by atoms with Gasteiger partial charge in [-0.15, -0.1) is 0 Å². The average Bonchev–Trinajstić information content (AvgIpc) is 2.74. The predicted molar refractivity (Wildman–Crippen MR) is 71.2 cm³/mol. The van der Waals surface area contributed by atoms with Crippen LogP contribution in [0.15, 0.2) is 0 Å². The molecule has 1 saturated carbocycles. The molecule has 1 saturated heterocycles. The lowest BCUT2D eigenvalue weighted by Gasteiger charge is -2.33. The van der Waals surface area contributed by atoms with Crippen LogP contribution in [-0.2, 0) is 14.3 Å². The van der Waals surface area contributed by atoms with E-state index in [-0.39, 0.29) is 12.0 Å². The van der Waals surface area contributed by atoms with E-state index in [1.165, 1.54) is 0 Å². The second-order valence-electron chi connectivity index (χ2n) is 5.61. The first kappa shape index (κ1) is 14.8. The molecule has 2 fully saturated rings. The Bertz CT molecular complexity index is 306. The van der Waals surface area contributed by atoms with Crippen LogP contribution >= 0.6 is 0 Å². The quantitative estimate of drug-likeness (QED) is 0.699. The van der Waals surface area contributed by atoms with E-state index in [0.717, 1.165) is 38.6 Å². The van der Waals surface area contributed by atoms with Gasteiger partial charge in [0.25, 0.3) is 0 Å². The molecule has 5 heteroatoms. The first-order valence-electron chi connectivity index (χ1n) is 7.37. The second-order valence-corrected chi connectivity index (χ2v) is 5.61. The predicted octanol–water partition coefficient (Wildman–Crippen LogP) is 1.41. The summed E-state index contributed by atoms with van der Waals surface area (Å²) in [6.45, 7) is 4.83. The maximum Gasteiger partial charge on any atom is 0.324 e. The summed E-state index contributed by atoms with van der Waals surface area (Å²) < 4.78 is 10.7. The maximum atomic E-state index is 11.7. The van der Waals surface area contributed by atoms with Crippen molar-refractivity contribution in [2.75, 3.05) is 26.4 Å². The van der Waals surface area contributed by atoms with Crippen molar-refractivity contribution < 1.29 is 19.4 Å². The highest BCUT2D eigenvalue weighted by Gasteiger charge is 2.48. The molecule has 1 aliphatic heterocycles. The Morgan fingerprint density at radius 3 is 2.89 bits per heavy atom. The van der Waals surface area contributed by atoms with E-state index in [2.05, 4.69) is 12.2 Å². The van der Waals surface area contributed by atoms with E-state index in [0.29, 0.717) is 19.8 Å². The molecule has 2 aliphatic rings. The Morgan fingerprint density at radius 1 is 1.53 bits per heavy atom. The van der Waals surface area contributed by atoms with E-state index in [4.69, 9.17) is 9.47 Å². The Hall–Kier alpha value is -0.650. The number of rotatable bonds is 8. The number of nitrogens with one attached hydrogen (secondary N) is 1. The highest BCUT2D eigenvalue weighted by molar-refractivity contribution is 5.79. The van der Waals surface area contributed by atoms with Crippen LogP contribution in [0.3, 0.4) is 0 Å². The van der Waals surface area contributed by atoms with Crippen LogP contribution < -0.4 is 5.32 Å². The highest BCUT2D eigenvalue weighted by atomic mass is 16.6. The van der Waals surface area contributed by atoms with Gasteiger partial charge in [-0.25, -0.2) is 0 Å². The fraction of sp³-hybridized carbons (Fsp3) is 0.929. The van der Waals surface area contributed by atoms with Crippen LogP contribution in [0.1, 0.15) is 39.0 Å². The summed E-state index contributed by atoms with van der Waals surface area (Å²) >= 11 is 0. The molecule has 0 aromatic rings. The van der Waals surface area contributed by atoms with Crippen molar-refractivity contribution in [2.45, 2.75) is 50.7 Å². The molecule has 0 bridgehead atoms. The van der Waals surface area contributed by atoms with Gasteiger partial charge < -0.3 is 19.9 Å². The van der Waals surface area contributed by atoms with Gasteiger partial charge in [0, 0.05) is 6.61 Å². The molecule has 2 N–H and O–H groups in total. The summed E-state index contributed by atoms with van der Waals surface area (Å²) in [4.78, 5) is 11.7. The standard InChI is InChI=1S/C14H25NO4/c1-2-7-15-14(13(16)17)6-3-4-11(14)5-8-19-12-9-18-10-12/h11-12,15H,2-10H2,1H3,(H,16,17). The van der Waals surface area contributed by atoms with Crippen molar-refractivity contribution in [1.29, 1.82) is 0 Å². The number of carboxylic acids is 1. The molecule has 110 valence electrons. The zero-order valence-corrected chi connectivity index (χ0v) is 11.7. The lowest BCUT2D eigenvalue weighted by molar-refractivity contribution is -0.148. The number of aliphatic carboxylic acids is 1. The van der Waals surface area contributed by atoms with E-state index >= 15 is 0 Å². The number of carboxylic acid groups (broad SMARTS) is 1. The van der Waals surface area contributed by atoms with Crippen LogP contribution in [0.2, 0.25) is 0 Å². The first-order chi connectivity index (χ1) is 9.19. The summed E-state index contributed by atoms with van der Waals surface area (Å²) in [5.74, 6) is -0.520. The Balaban J connectivity index is 1.86. The Labute approximate surface area is 114 Å². The van der Waals surface area contributed by atoms with Crippen LogP contribution in [0, 0.1) is 5.92 Å². The third-order valence-corrected chi connectivity index (χ3v) is 4.32. The molecule has 2 unspecified atom stereocenters. The number of hydrogen-bond donors (Lipinski definition) is 2. The molecule has 0 spiro atoms. The molecule has 0 aromatic heterocycles. The fourth-order valence-corrected chi connectivity index (χ4v) is 3.09. The molecule has 1 heterocycles. The monoisotopic (exact) mass is 271 g/mol. The van der Waals surface area contributed by atoms with Gasteiger partial charge in [-0.1, -0.05) is 13.3 Å². The molecular weight excluding hydrogens is 246 g/mol. The molecule has 0 radical (unpaired) electrons. The van der Waals surface area contributed by atoms with Gasteiger partial charge >= 0.3 is 5.97 Å².